The van der Waals surface area contributed by atoms with Gasteiger partial charge in [-0.05, 0) is 32.4 Å². The van der Waals surface area contributed by atoms with Gasteiger partial charge in [0.1, 0.15) is 11.6 Å². The third-order valence-electron chi connectivity index (χ3n) is 4.67. The molecule has 0 aliphatic carbocycles. The van der Waals surface area contributed by atoms with Gasteiger partial charge in [-0.1, -0.05) is 0 Å². The van der Waals surface area contributed by atoms with Crippen molar-refractivity contribution in [2.75, 3.05) is 18.0 Å². The molecule has 1 N–H and O–H groups in total. The minimum atomic E-state index is -0.539. The normalized spacial score (nSPS) is 18.0. The van der Waals surface area contributed by atoms with Crippen molar-refractivity contribution >= 4 is 5.69 Å². The van der Waals surface area contributed by atoms with E-state index in [1.807, 2.05) is 23.6 Å². The number of nitrogens with one attached hydrogen (secondary N) is 1. The maximum absolute atomic E-state index is 13.9. The number of aromatic nitrogens is 2. The Kier molecular flexibility index (Phi) is 4.35. The first-order chi connectivity index (χ1) is 11.0. The number of hydrogen-bond donors (Lipinski definition) is 1. The van der Waals surface area contributed by atoms with Crippen molar-refractivity contribution in [2.24, 2.45) is 7.05 Å². The lowest BCUT2D eigenvalue weighted by molar-refractivity contribution is 0.547. The number of aryl methyl sites for hydroxylation is 2. The number of anilines is 1. The first-order valence-electron chi connectivity index (χ1n) is 7.88. The van der Waals surface area contributed by atoms with E-state index in [2.05, 4.69) is 17.3 Å². The van der Waals surface area contributed by atoms with Crippen LogP contribution in [-0.2, 0) is 13.6 Å². The summed E-state index contributed by atoms with van der Waals surface area (Å²) in [6.45, 7) is 6.33. The lowest BCUT2D eigenvalue weighted by Gasteiger charge is -2.19. The molecule has 3 rings (SSSR count). The lowest BCUT2D eigenvalue weighted by Crippen LogP contribution is -2.32. The number of hydrogen-bond acceptors (Lipinski definition) is 3. The molecule has 1 aliphatic rings. The quantitative estimate of drug-likeness (QED) is 0.940. The highest BCUT2D eigenvalue weighted by atomic mass is 19.1. The standard InChI is InChI=1S/C17H22F2N4/c1-11-15(12(2)22(3)21-11)9-20-14-6-7-23(10-14)17-5-4-13(18)8-16(17)19/h4-5,8,14,20H,6-7,9-10H2,1-3H3/t14-/m1/s1. The monoisotopic (exact) mass is 320 g/mol. The summed E-state index contributed by atoms with van der Waals surface area (Å²) in [4.78, 5) is 1.97. The molecule has 0 saturated carbocycles. The van der Waals surface area contributed by atoms with E-state index in [0.29, 0.717) is 11.7 Å². The zero-order valence-electron chi connectivity index (χ0n) is 13.7. The van der Waals surface area contributed by atoms with Gasteiger partial charge in [0.05, 0.1) is 11.4 Å². The second-order valence-corrected chi connectivity index (χ2v) is 6.18. The number of halogens is 2. The Morgan fingerprint density at radius 1 is 1.30 bits per heavy atom. The third kappa shape index (κ3) is 3.22. The van der Waals surface area contributed by atoms with Crippen molar-refractivity contribution in [1.29, 1.82) is 0 Å². The van der Waals surface area contributed by atoms with Crippen LogP contribution < -0.4 is 10.2 Å². The molecule has 1 aromatic heterocycles. The maximum Gasteiger partial charge on any atom is 0.149 e. The van der Waals surface area contributed by atoms with Gasteiger partial charge in [-0.25, -0.2) is 8.78 Å². The van der Waals surface area contributed by atoms with Gasteiger partial charge in [0.15, 0.2) is 0 Å². The SMILES string of the molecule is Cc1nn(C)c(C)c1CN[C@@H]1CCN(c2ccc(F)cc2F)C1. The molecule has 0 unspecified atom stereocenters. The van der Waals surface area contributed by atoms with E-state index in [1.54, 1.807) is 0 Å². The molecule has 23 heavy (non-hydrogen) atoms. The molecular formula is C17H22F2N4. The zero-order valence-corrected chi connectivity index (χ0v) is 13.7. The van der Waals surface area contributed by atoms with Crippen LogP contribution in [-0.4, -0.2) is 28.9 Å². The summed E-state index contributed by atoms with van der Waals surface area (Å²) in [6, 6.07) is 4.06. The van der Waals surface area contributed by atoms with Crippen molar-refractivity contribution in [3.05, 3.63) is 46.8 Å². The van der Waals surface area contributed by atoms with Crippen molar-refractivity contribution in [2.45, 2.75) is 32.9 Å². The molecule has 0 bridgehead atoms. The average molecular weight is 320 g/mol. The van der Waals surface area contributed by atoms with Crippen LogP contribution >= 0.6 is 0 Å². The van der Waals surface area contributed by atoms with Crippen LogP contribution in [0.3, 0.4) is 0 Å². The minimum Gasteiger partial charge on any atom is -0.368 e. The van der Waals surface area contributed by atoms with Crippen molar-refractivity contribution < 1.29 is 8.78 Å². The van der Waals surface area contributed by atoms with Crippen molar-refractivity contribution in [3.63, 3.8) is 0 Å². The minimum absolute atomic E-state index is 0.290. The highest BCUT2D eigenvalue weighted by molar-refractivity contribution is 5.49. The van der Waals surface area contributed by atoms with E-state index in [4.69, 9.17) is 0 Å². The highest BCUT2D eigenvalue weighted by Crippen LogP contribution is 2.24. The molecular weight excluding hydrogens is 298 g/mol. The Morgan fingerprint density at radius 2 is 2.09 bits per heavy atom. The highest BCUT2D eigenvalue weighted by Gasteiger charge is 2.24. The van der Waals surface area contributed by atoms with Gasteiger partial charge in [0, 0.05) is 50.0 Å². The molecule has 1 atom stereocenters. The number of rotatable bonds is 4. The van der Waals surface area contributed by atoms with Crippen LogP contribution in [0.5, 0.6) is 0 Å². The second-order valence-electron chi connectivity index (χ2n) is 6.18. The molecule has 124 valence electrons. The van der Waals surface area contributed by atoms with E-state index in [-0.39, 0.29) is 0 Å². The van der Waals surface area contributed by atoms with Crippen molar-refractivity contribution in [1.82, 2.24) is 15.1 Å². The summed E-state index contributed by atoms with van der Waals surface area (Å²) in [5.74, 6) is -1.03. The van der Waals surface area contributed by atoms with Crippen molar-refractivity contribution in [3.8, 4) is 0 Å². The smallest absolute Gasteiger partial charge is 0.149 e. The zero-order chi connectivity index (χ0) is 16.6. The summed E-state index contributed by atoms with van der Waals surface area (Å²) in [6.07, 6.45) is 0.940. The van der Waals surface area contributed by atoms with Gasteiger partial charge >= 0.3 is 0 Å². The summed E-state index contributed by atoms with van der Waals surface area (Å²) in [5, 5.41) is 7.95. The van der Waals surface area contributed by atoms with Gasteiger partial charge in [-0.2, -0.15) is 5.10 Å². The summed E-state index contributed by atoms with van der Waals surface area (Å²) in [5.41, 5.74) is 3.90. The molecule has 0 amide bonds. The summed E-state index contributed by atoms with van der Waals surface area (Å²) < 4.78 is 28.8. The largest absolute Gasteiger partial charge is 0.368 e. The predicted molar refractivity (Wildman–Crippen MR) is 86.5 cm³/mol. The maximum atomic E-state index is 13.9. The molecule has 1 aliphatic heterocycles. The van der Waals surface area contributed by atoms with E-state index in [9.17, 15) is 8.78 Å². The van der Waals surface area contributed by atoms with Gasteiger partial charge in [0.25, 0.3) is 0 Å². The van der Waals surface area contributed by atoms with Crippen LogP contribution in [0.25, 0.3) is 0 Å². The van der Waals surface area contributed by atoms with E-state index < -0.39 is 11.6 Å². The van der Waals surface area contributed by atoms with Gasteiger partial charge in [-0.3, -0.25) is 4.68 Å². The van der Waals surface area contributed by atoms with Gasteiger partial charge in [0.2, 0.25) is 0 Å². The topological polar surface area (TPSA) is 33.1 Å². The van der Waals surface area contributed by atoms with Gasteiger partial charge < -0.3 is 10.2 Å². The van der Waals surface area contributed by atoms with E-state index in [0.717, 1.165) is 43.5 Å². The lowest BCUT2D eigenvalue weighted by atomic mass is 10.1. The third-order valence-corrected chi connectivity index (χ3v) is 4.67. The van der Waals surface area contributed by atoms with Crippen LogP contribution in [0.1, 0.15) is 23.4 Å². The molecule has 1 aromatic carbocycles. The van der Waals surface area contributed by atoms with Crippen LogP contribution in [0.4, 0.5) is 14.5 Å². The number of benzene rings is 1. The molecule has 0 radical (unpaired) electrons. The molecule has 1 saturated heterocycles. The molecule has 0 spiro atoms. The average Bonchev–Trinajstić information content (AvgIpc) is 3.04. The molecule has 4 nitrogen and oxygen atoms in total. The van der Waals surface area contributed by atoms with Crippen LogP contribution in [0, 0.1) is 25.5 Å². The Labute approximate surface area is 135 Å². The predicted octanol–water partition coefficient (Wildman–Crippen LogP) is 2.68. The summed E-state index contributed by atoms with van der Waals surface area (Å²) in [7, 11) is 1.94. The Bertz CT molecular complexity index is 711. The van der Waals surface area contributed by atoms with Crippen LogP contribution in [0.2, 0.25) is 0 Å². The number of nitrogens with zero attached hydrogens (tertiary/aromatic N) is 3. The van der Waals surface area contributed by atoms with Gasteiger partial charge in [-0.15, -0.1) is 0 Å². The Hall–Kier alpha value is -1.95. The fourth-order valence-electron chi connectivity index (χ4n) is 3.20. The first-order valence-corrected chi connectivity index (χ1v) is 7.88. The molecule has 1 fully saturated rings. The fraction of sp³-hybridized carbons (Fsp3) is 0.471. The van der Waals surface area contributed by atoms with E-state index >= 15 is 0 Å². The molecule has 2 aromatic rings. The second kappa shape index (κ2) is 6.28. The molecule has 6 heteroatoms. The summed E-state index contributed by atoms with van der Waals surface area (Å²) >= 11 is 0. The Balaban J connectivity index is 1.62. The van der Waals surface area contributed by atoms with Crippen LogP contribution in [0.15, 0.2) is 18.2 Å². The first kappa shape index (κ1) is 15.9. The molecule has 2 heterocycles. The van der Waals surface area contributed by atoms with E-state index in [1.165, 1.54) is 17.7 Å². The fourth-order valence-corrected chi connectivity index (χ4v) is 3.20. The Morgan fingerprint density at radius 3 is 2.74 bits per heavy atom.